The third kappa shape index (κ3) is 3.00. The van der Waals surface area contributed by atoms with E-state index in [1.165, 1.54) is 16.8 Å². The Morgan fingerprint density at radius 3 is 2.57 bits per heavy atom. The van der Waals surface area contributed by atoms with Gasteiger partial charge in [0.25, 0.3) is 5.56 Å². The van der Waals surface area contributed by atoms with Crippen molar-refractivity contribution in [2.75, 3.05) is 6.26 Å². The normalized spacial score (nSPS) is 11.7. The molecular formula is C16H15N3O3S. The first kappa shape index (κ1) is 15.4. The minimum atomic E-state index is -3.54. The third-order valence-electron chi connectivity index (χ3n) is 3.62. The van der Waals surface area contributed by atoms with Gasteiger partial charge >= 0.3 is 0 Å². The number of hydrogen-bond donors (Lipinski definition) is 0. The van der Waals surface area contributed by atoms with E-state index in [2.05, 4.69) is 9.97 Å². The second kappa shape index (κ2) is 5.58. The highest BCUT2D eigenvalue weighted by Crippen LogP contribution is 2.14. The summed E-state index contributed by atoms with van der Waals surface area (Å²) in [7, 11) is -3.54. The molecule has 0 fully saturated rings. The number of pyridine rings is 1. The molecule has 6 nitrogen and oxygen atoms in total. The Labute approximate surface area is 133 Å². The molecule has 3 aromatic rings. The van der Waals surface area contributed by atoms with Gasteiger partial charge in [-0.3, -0.25) is 9.36 Å². The van der Waals surface area contributed by atoms with E-state index in [0.29, 0.717) is 17.6 Å². The van der Waals surface area contributed by atoms with Gasteiger partial charge in [-0.2, -0.15) is 4.98 Å². The van der Waals surface area contributed by atoms with Gasteiger partial charge in [0.1, 0.15) is 5.65 Å². The largest absolute Gasteiger partial charge is 0.288 e. The molecule has 2 aromatic heterocycles. The smallest absolute Gasteiger partial charge is 0.252 e. The molecule has 0 aliphatic carbocycles. The molecule has 0 saturated heterocycles. The molecule has 0 aliphatic heterocycles. The Kier molecular flexibility index (Phi) is 3.73. The fraction of sp³-hybridized carbons (Fsp3) is 0.188. The number of rotatable bonds is 3. The van der Waals surface area contributed by atoms with Crippen LogP contribution in [0.3, 0.4) is 0 Å². The zero-order valence-electron chi connectivity index (χ0n) is 12.7. The van der Waals surface area contributed by atoms with E-state index in [1.54, 1.807) is 6.07 Å². The van der Waals surface area contributed by atoms with Crippen molar-refractivity contribution in [2.24, 2.45) is 0 Å². The lowest BCUT2D eigenvalue weighted by atomic mass is 10.1. The van der Waals surface area contributed by atoms with E-state index >= 15 is 0 Å². The van der Waals surface area contributed by atoms with Gasteiger partial charge in [-0.15, -0.1) is 0 Å². The molecule has 2 heterocycles. The molecule has 118 valence electrons. The van der Waals surface area contributed by atoms with E-state index in [4.69, 9.17) is 0 Å². The second-order valence-electron chi connectivity index (χ2n) is 5.39. The van der Waals surface area contributed by atoms with Crippen LogP contribution in [0.2, 0.25) is 0 Å². The minimum absolute atomic E-state index is 0.237. The van der Waals surface area contributed by atoms with Crippen molar-refractivity contribution in [1.29, 1.82) is 0 Å². The van der Waals surface area contributed by atoms with Crippen LogP contribution in [0.5, 0.6) is 0 Å². The zero-order chi connectivity index (χ0) is 16.6. The number of aryl methyl sites for hydroxylation is 1. The highest BCUT2D eigenvalue weighted by atomic mass is 32.2. The summed E-state index contributed by atoms with van der Waals surface area (Å²) >= 11 is 0. The second-order valence-corrected chi connectivity index (χ2v) is 7.30. The van der Waals surface area contributed by atoms with Crippen LogP contribution < -0.4 is 5.56 Å². The number of hydrogen-bond acceptors (Lipinski definition) is 5. The van der Waals surface area contributed by atoms with Crippen molar-refractivity contribution in [3.05, 3.63) is 64.1 Å². The topological polar surface area (TPSA) is 81.9 Å². The van der Waals surface area contributed by atoms with E-state index in [0.717, 1.165) is 17.4 Å². The quantitative estimate of drug-likeness (QED) is 0.681. The lowest BCUT2D eigenvalue weighted by Gasteiger charge is -2.11. The molecular weight excluding hydrogens is 314 g/mol. The Morgan fingerprint density at radius 1 is 1.13 bits per heavy atom. The number of nitrogens with zero attached hydrogens (tertiary/aromatic N) is 3. The van der Waals surface area contributed by atoms with Crippen molar-refractivity contribution < 1.29 is 8.42 Å². The monoisotopic (exact) mass is 329 g/mol. The van der Waals surface area contributed by atoms with Gasteiger partial charge in [0.05, 0.1) is 6.54 Å². The van der Waals surface area contributed by atoms with Crippen LogP contribution in [0, 0.1) is 6.92 Å². The van der Waals surface area contributed by atoms with Crippen LogP contribution in [0.25, 0.3) is 11.0 Å². The summed E-state index contributed by atoms with van der Waals surface area (Å²) in [5.74, 6) is 0. The summed E-state index contributed by atoms with van der Waals surface area (Å²) in [4.78, 5) is 20.2. The van der Waals surface area contributed by atoms with Crippen molar-refractivity contribution >= 4 is 20.9 Å². The number of benzene rings is 1. The molecule has 0 spiro atoms. The Hall–Kier alpha value is -2.54. The molecule has 3 rings (SSSR count). The number of aromatic nitrogens is 3. The summed E-state index contributed by atoms with van der Waals surface area (Å²) in [6.45, 7) is 2.28. The average Bonchev–Trinajstić information content (AvgIpc) is 2.50. The maximum absolute atomic E-state index is 12.3. The standard InChI is InChI=1S/C16H15N3O3S/c1-11-5-3-4-6-13(11)10-19-14(20)8-7-12-9-17-16(18-15(12)19)23(2,21)22/h3-9H,10H2,1-2H3. The Morgan fingerprint density at radius 2 is 1.87 bits per heavy atom. The first-order valence-corrected chi connectivity index (χ1v) is 8.86. The summed E-state index contributed by atoms with van der Waals surface area (Å²) in [6, 6.07) is 10.7. The Balaban J connectivity index is 2.24. The molecule has 23 heavy (non-hydrogen) atoms. The molecule has 0 atom stereocenters. The van der Waals surface area contributed by atoms with Gasteiger partial charge in [0, 0.05) is 23.9 Å². The molecule has 0 saturated carbocycles. The molecule has 0 N–H and O–H groups in total. The number of sulfone groups is 1. The Bertz CT molecular complexity index is 1060. The van der Waals surface area contributed by atoms with Gasteiger partial charge in [-0.05, 0) is 24.1 Å². The molecule has 0 bridgehead atoms. The van der Waals surface area contributed by atoms with E-state index in [1.807, 2.05) is 31.2 Å². The van der Waals surface area contributed by atoms with E-state index < -0.39 is 9.84 Å². The molecule has 0 radical (unpaired) electrons. The van der Waals surface area contributed by atoms with Crippen molar-refractivity contribution in [3.8, 4) is 0 Å². The number of fused-ring (bicyclic) bond motifs is 1. The maximum atomic E-state index is 12.3. The first-order chi connectivity index (χ1) is 10.9. The van der Waals surface area contributed by atoms with Crippen molar-refractivity contribution in [1.82, 2.24) is 14.5 Å². The third-order valence-corrected chi connectivity index (χ3v) is 4.48. The summed E-state index contributed by atoms with van der Waals surface area (Å²) in [5, 5.41) is 0.333. The average molecular weight is 329 g/mol. The maximum Gasteiger partial charge on any atom is 0.252 e. The van der Waals surface area contributed by atoms with Crippen molar-refractivity contribution in [2.45, 2.75) is 18.6 Å². The fourth-order valence-corrected chi connectivity index (χ4v) is 2.84. The predicted octanol–water partition coefficient (Wildman–Crippen LogP) is 1.55. The van der Waals surface area contributed by atoms with Gasteiger partial charge in [0.15, 0.2) is 0 Å². The predicted molar refractivity (Wildman–Crippen MR) is 87.2 cm³/mol. The van der Waals surface area contributed by atoms with Crippen LogP contribution in [0.4, 0.5) is 0 Å². The molecule has 0 amide bonds. The van der Waals surface area contributed by atoms with E-state index in [-0.39, 0.29) is 10.7 Å². The van der Waals surface area contributed by atoms with Crippen LogP contribution in [0.15, 0.2) is 52.5 Å². The minimum Gasteiger partial charge on any atom is -0.288 e. The lowest BCUT2D eigenvalue weighted by Crippen LogP contribution is -2.22. The lowest BCUT2D eigenvalue weighted by molar-refractivity contribution is 0.593. The van der Waals surface area contributed by atoms with Gasteiger partial charge in [0.2, 0.25) is 15.0 Å². The van der Waals surface area contributed by atoms with Gasteiger partial charge < -0.3 is 0 Å². The van der Waals surface area contributed by atoms with Crippen molar-refractivity contribution in [3.63, 3.8) is 0 Å². The van der Waals surface area contributed by atoms with Crippen LogP contribution in [0.1, 0.15) is 11.1 Å². The summed E-state index contributed by atoms with van der Waals surface area (Å²) in [6.07, 6.45) is 2.47. The fourth-order valence-electron chi connectivity index (χ4n) is 2.34. The summed E-state index contributed by atoms with van der Waals surface area (Å²) < 4.78 is 24.8. The van der Waals surface area contributed by atoms with Gasteiger partial charge in [-0.25, -0.2) is 13.4 Å². The highest BCUT2D eigenvalue weighted by Gasteiger charge is 2.14. The van der Waals surface area contributed by atoms with Crippen LogP contribution in [-0.2, 0) is 16.4 Å². The molecule has 1 aromatic carbocycles. The van der Waals surface area contributed by atoms with Crippen LogP contribution >= 0.6 is 0 Å². The van der Waals surface area contributed by atoms with Crippen LogP contribution in [-0.4, -0.2) is 29.2 Å². The van der Waals surface area contributed by atoms with E-state index in [9.17, 15) is 13.2 Å². The zero-order valence-corrected chi connectivity index (χ0v) is 13.5. The highest BCUT2D eigenvalue weighted by molar-refractivity contribution is 7.90. The first-order valence-electron chi connectivity index (χ1n) is 6.97. The SMILES string of the molecule is Cc1ccccc1Cn1c(=O)ccc2cnc(S(C)(=O)=O)nc21. The van der Waals surface area contributed by atoms with Gasteiger partial charge in [-0.1, -0.05) is 24.3 Å². The molecule has 0 unspecified atom stereocenters. The molecule has 0 aliphatic rings. The molecule has 7 heteroatoms. The summed E-state index contributed by atoms with van der Waals surface area (Å²) in [5.41, 5.74) is 2.10.